The molecule has 0 amide bonds. The van der Waals surface area contributed by atoms with Gasteiger partial charge in [-0.05, 0) is 18.9 Å². The average molecular weight is 226 g/mol. The zero-order valence-corrected chi connectivity index (χ0v) is 9.85. The first-order valence-electron chi connectivity index (χ1n) is 5.84. The average Bonchev–Trinajstić information content (AvgIpc) is 2.81. The van der Waals surface area contributed by atoms with E-state index in [-0.39, 0.29) is 5.78 Å². The summed E-state index contributed by atoms with van der Waals surface area (Å²) in [6.45, 7) is 0.690. The lowest BCUT2D eigenvalue weighted by molar-refractivity contribution is -0.116. The highest BCUT2D eigenvalue weighted by Crippen LogP contribution is 2.28. The van der Waals surface area contributed by atoms with Gasteiger partial charge >= 0.3 is 0 Å². The number of hydrogen-bond donors (Lipinski definition) is 0. The van der Waals surface area contributed by atoms with Crippen LogP contribution in [0.3, 0.4) is 0 Å². The predicted octanol–water partition coefficient (Wildman–Crippen LogP) is 2.93. The Kier molecular flexibility index (Phi) is 4.12. The molecular weight excluding hydrogens is 208 g/mol. The first-order chi connectivity index (χ1) is 7.36. The molecule has 0 aromatic carbocycles. The van der Waals surface area contributed by atoms with Gasteiger partial charge in [0.15, 0.2) is 5.76 Å². The van der Waals surface area contributed by atoms with Crippen LogP contribution in [-0.4, -0.2) is 23.4 Å². The maximum absolute atomic E-state index is 11.7. The number of carbonyl (C=O) groups excluding carboxylic acids is 1. The predicted molar refractivity (Wildman–Crippen MR) is 63.0 cm³/mol. The van der Waals surface area contributed by atoms with Crippen molar-refractivity contribution in [3.05, 3.63) is 11.8 Å². The normalized spacial score (nSPS) is 22.3. The maximum atomic E-state index is 11.7. The van der Waals surface area contributed by atoms with E-state index in [1.165, 1.54) is 32.1 Å². The highest BCUT2D eigenvalue weighted by Gasteiger charge is 2.19. The van der Waals surface area contributed by atoms with Gasteiger partial charge in [0, 0.05) is 11.7 Å². The minimum absolute atomic E-state index is 0.183. The molecule has 0 N–H and O–H groups in total. The highest BCUT2D eigenvalue weighted by atomic mass is 32.2. The van der Waals surface area contributed by atoms with Crippen molar-refractivity contribution in [3.63, 3.8) is 0 Å². The first kappa shape index (κ1) is 11.1. The van der Waals surface area contributed by atoms with Gasteiger partial charge in [-0.25, -0.2) is 0 Å². The molecule has 84 valence electrons. The second kappa shape index (κ2) is 5.59. The minimum Gasteiger partial charge on any atom is -0.490 e. The molecule has 0 atom stereocenters. The molecule has 1 aliphatic carbocycles. The molecule has 1 heterocycles. The van der Waals surface area contributed by atoms with E-state index in [9.17, 15) is 4.79 Å². The number of ketones is 1. The van der Waals surface area contributed by atoms with Crippen LogP contribution in [0, 0.1) is 0 Å². The number of allylic oxidation sites excluding steroid dienone is 1. The number of hydrogen-bond acceptors (Lipinski definition) is 3. The molecule has 0 saturated heterocycles. The van der Waals surface area contributed by atoms with Crippen LogP contribution in [0.1, 0.15) is 38.5 Å². The van der Waals surface area contributed by atoms with Gasteiger partial charge in [-0.15, -0.1) is 0 Å². The number of ether oxygens (including phenoxy) is 1. The van der Waals surface area contributed by atoms with Crippen LogP contribution >= 0.6 is 11.8 Å². The van der Waals surface area contributed by atoms with E-state index >= 15 is 0 Å². The fourth-order valence-corrected chi connectivity index (χ4v) is 3.30. The van der Waals surface area contributed by atoms with Gasteiger partial charge in [-0.1, -0.05) is 19.3 Å². The third-order valence-corrected chi connectivity index (χ3v) is 4.35. The lowest BCUT2D eigenvalue weighted by atomic mass is 10.0. The van der Waals surface area contributed by atoms with E-state index in [1.54, 1.807) is 0 Å². The first-order valence-corrected chi connectivity index (χ1v) is 6.89. The molecule has 3 heteroatoms. The fourth-order valence-electron chi connectivity index (χ4n) is 2.11. The minimum atomic E-state index is 0.183. The van der Waals surface area contributed by atoms with Crippen LogP contribution in [0.5, 0.6) is 0 Å². The van der Waals surface area contributed by atoms with Crippen molar-refractivity contribution < 1.29 is 9.53 Å². The second-order valence-electron chi connectivity index (χ2n) is 4.20. The summed E-state index contributed by atoms with van der Waals surface area (Å²) >= 11 is 1.82. The van der Waals surface area contributed by atoms with Crippen molar-refractivity contribution in [1.29, 1.82) is 0 Å². The summed E-state index contributed by atoms with van der Waals surface area (Å²) in [5.41, 5.74) is 0. The third kappa shape index (κ3) is 3.26. The number of Topliss-reactive ketones (excluding diaryl/α,β-unsaturated/α-hetero) is 1. The summed E-state index contributed by atoms with van der Waals surface area (Å²) in [6, 6.07) is 0. The molecule has 2 aliphatic rings. The van der Waals surface area contributed by atoms with Gasteiger partial charge in [-0.2, -0.15) is 11.8 Å². The number of carbonyl (C=O) groups is 1. The van der Waals surface area contributed by atoms with E-state index in [1.807, 2.05) is 17.8 Å². The van der Waals surface area contributed by atoms with Crippen LogP contribution in [0.25, 0.3) is 0 Å². The summed E-state index contributed by atoms with van der Waals surface area (Å²) in [6.07, 6.45) is 9.45. The van der Waals surface area contributed by atoms with Gasteiger partial charge in [0.25, 0.3) is 0 Å². The molecule has 2 rings (SSSR count). The van der Waals surface area contributed by atoms with Crippen molar-refractivity contribution >= 4 is 17.5 Å². The van der Waals surface area contributed by atoms with Crippen LogP contribution in [0.4, 0.5) is 0 Å². The van der Waals surface area contributed by atoms with Crippen molar-refractivity contribution in [1.82, 2.24) is 0 Å². The largest absolute Gasteiger partial charge is 0.490 e. The highest BCUT2D eigenvalue weighted by molar-refractivity contribution is 8.00. The van der Waals surface area contributed by atoms with Crippen molar-refractivity contribution in [2.45, 2.75) is 43.8 Å². The van der Waals surface area contributed by atoms with E-state index in [0.29, 0.717) is 23.4 Å². The molecular formula is C12H18O2S. The van der Waals surface area contributed by atoms with Gasteiger partial charge < -0.3 is 4.74 Å². The fraction of sp³-hybridized carbons (Fsp3) is 0.750. The Balaban J connectivity index is 1.70. The Hall–Kier alpha value is -0.440. The van der Waals surface area contributed by atoms with Crippen LogP contribution in [-0.2, 0) is 9.53 Å². The Bertz CT molecular complexity index is 254. The topological polar surface area (TPSA) is 26.3 Å². The Labute approximate surface area is 95.5 Å². The molecule has 0 aromatic rings. The smallest absolute Gasteiger partial charge is 0.206 e. The molecule has 0 radical (unpaired) electrons. The maximum Gasteiger partial charge on any atom is 0.206 e. The van der Waals surface area contributed by atoms with E-state index in [2.05, 4.69) is 0 Å². The summed E-state index contributed by atoms with van der Waals surface area (Å²) < 4.78 is 5.25. The molecule has 0 unspecified atom stereocenters. The molecule has 15 heavy (non-hydrogen) atoms. The lowest BCUT2D eigenvalue weighted by Crippen LogP contribution is -2.13. The zero-order chi connectivity index (χ0) is 10.5. The van der Waals surface area contributed by atoms with E-state index < -0.39 is 0 Å². The Morgan fingerprint density at radius 2 is 2.20 bits per heavy atom. The summed E-state index contributed by atoms with van der Waals surface area (Å²) in [5, 5.41) is 0.713. The monoisotopic (exact) mass is 226 g/mol. The number of thioether (sulfide) groups is 1. The third-order valence-electron chi connectivity index (χ3n) is 2.98. The van der Waals surface area contributed by atoms with Gasteiger partial charge in [0.1, 0.15) is 0 Å². The molecule has 1 saturated carbocycles. The molecule has 1 fully saturated rings. The van der Waals surface area contributed by atoms with E-state index in [4.69, 9.17) is 4.74 Å². The molecule has 0 aromatic heterocycles. The summed E-state index contributed by atoms with van der Waals surface area (Å²) in [7, 11) is 0. The molecule has 0 bridgehead atoms. The van der Waals surface area contributed by atoms with Crippen LogP contribution in [0.15, 0.2) is 11.8 Å². The Morgan fingerprint density at radius 3 is 2.87 bits per heavy atom. The molecule has 1 aliphatic heterocycles. The van der Waals surface area contributed by atoms with Crippen LogP contribution in [0.2, 0.25) is 0 Å². The number of rotatable bonds is 4. The molecule has 2 nitrogen and oxygen atoms in total. The SMILES string of the molecule is O=C(CSC1CCCCC1)C1=CCCO1. The van der Waals surface area contributed by atoms with Crippen molar-refractivity contribution in [2.75, 3.05) is 12.4 Å². The van der Waals surface area contributed by atoms with Crippen molar-refractivity contribution in [3.8, 4) is 0 Å². The van der Waals surface area contributed by atoms with Crippen LogP contribution < -0.4 is 0 Å². The summed E-state index contributed by atoms with van der Waals surface area (Å²) in [5.74, 6) is 1.40. The van der Waals surface area contributed by atoms with Gasteiger partial charge in [-0.3, -0.25) is 4.79 Å². The van der Waals surface area contributed by atoms with E-state index in [0.717, 1.165) is 6.42 Å². The zero-order valence-electron chi connectivity index (χ0n) is 9.04. The quantitative estimate of drug-likeness (QED) is 0.737. The Morgan fingerprint density at radius 1 is 1.40 bits per heavy atom. The summed E-state index contributed by atoms with van der Waals surface area (Å²) in [4.78, 5) is 11.7. The lowest BCUT2D eigenvalue weighted by Gasteiger charge is -2.20. The van der Waals surface area contributed by atoms with Gasteiger partial charge in [0.2, 0.25) is 5.78 Å². The molecule has 0 spiro atoms. The second-order valence-corrected chi connectivity index (χ2v) is 5.49. The standard InChI is InChI=1S/C12H18O2S/c13-11(12-7-4-8-14-12)9-15-10-5-2-1-3-6-10/h7,10H,1-6,8-9H2. The van der Waals surface area contributed by atoms with Crippen molar-refractivity contribution in [2.24, 2.45) is 0 Å². The van der Waals surface area contributed by atoms with Gasteiger partial charge in [0.05, 0.1) is 12.4 Å².